The summed E-state index contributed by atoms with van der Waals surface area (Å²) in [5.41, 5.74) is 9.90. The predicted octanol–water partition coefficient (Wildman–Crippen LogP) is 3.43. The number of hydrogen-bond acceptors (Lipinski definition) is 8. The molecule has 5 N–H and O–H groups in total. The number of benzene rings is 2. The molecule has 2 amide bonds. The fourth-order valence-corrected chi connectivity index (χ4v) is 6.71. The van der Waals surface area contributed by atoms with Crippen LogP contribution in [0, 0.1) is 11.8 Å². The standard InChI is InChI=1S/C33H43N5O6/c1-20(2)38(35)17-22(34)19-44-29-13-12-28(43-3)26-14-15-37(32(40)24-10-6-7-11-25(24)33(41)42)27(30(26)29)18-36-16-21-8-4-5-9-23(21)31(36)39/h4-5,8-9,12-13,17,20,24-25,27H,6-7,10-11,14-16,18-19,34-35H2,1-3H3,(H,41,42)/b22-17-/t24-,25+,27?/m1/s1. The smallest absolute Gasteiger partial charge is 0.307 e. The van der Waals surface area contributed by atoms with Crippen molar-refractivity contribution >= 4 is 17.8 Å². The van der Waals surface area contributed by atoms with Gasteiger partial charge in [-0.3, -0.25) is 14.4 Å². The summed E-state index contributed by atoms with van der Waals surface area (Å²) in [6, 6.07) is 10.6. The van der Waals surface area contributed by atoms with Crippen LogP contribution in [-0.2, 0) is 22.6 Å². The zero-order chi connectivity index (χ0) is 31.5. The van der Waals surface area contributed by atoms with E-state index in [0.717, 1.165) is 29.5 Å². The van der Waals surface area contributed by atoms with Crippen molar-refractivity contribution in [3.05, 3.63) is 70.5 Å². The molecule has 2 heterocycles. The second kappa shape index (κ2) is 13.2. The van der Waals surface area contributed by atoms with Gasteiger partial charge in [0.05, 0.1) is 30.7 Å². The maximum atomic E-state index is 14.3. The van der Waals surface area contributed by atoms with E-state index >= 15 is 0 Å². The van der Waals surface area contributed by atoms with Gasteiger partial charge >= 0.3 is 5.97 Å². The topological polar surface area (TPSA) is 152 Å². The maximum absolute atomic E-state index is 14.3. The highest BCUT2D eigenvalue weighted by atomic mass is 16.5. The first kappa shape index (κ1) is 31.2. The first-order chi connectivity index (χ1) is 21.1. The first-order valence-corrected chi connectivity index (χ1v) is 15.3. The molecule has 1 unspecified atom stereocenters. The number of hydrogen-bond donors (Lipinski definition) is 3. The molecule has 0 spiro atoms. The van der Waals surface area contributed by atoms with E-state index in [0.29, 0.717) is 55.1 Å². The van der Waals surface area contributed by atoms with E-state index in [-0.39, 0.29) is 31.0 Å². The van der Waals surface area contributed by atoms with Crippen molar-refractivity contribution in [2.75, 3.05) is 26.8 Å². The second-order valence-corrected chi connectivity index (χ2v) is 12.2. The maximum Gasteiger partial charge on any atom is 0.307 e. The molecule has 44 heavy (non-hydrogen) atoms. The van der Waals surface area contributed by atoms with Crippen LogP contribution < -0.4 is 21.1 Å². The normalized spacial score (nSPS) is 21.6. The molecule has 1 saturated carbocycles. The number of carboxylic acid groups (broad SMARTS) is 1. The summed E-state index contributed by atoms with van der Waals surface area (Å²) in [5, 5.41) is 11.5. The molecule has 0 aromatic heterocycles. The summed E-state index contributed by atoms with van der Waals surface area (Å²) in [6.45, 7) is 4.95. The molecule has 5 rings (SSSR count). The summed E-state index contributed by atoms with van der Waals surface area (Å²) in [6.07, 6.45) is 4.71. The van der Waals surface area contributed by atoms with Crippen molar-refractivity contribution in [3.63, 3.8) is 0 Å². The Labute approximate surface area is 258 Å². The lowest BCUT2D eigenvalue weighted by Crippen LogP contribution is -2.50. The highest BCUT2D eigenvalue weighted by Crippen LogP contribution is 2.44. The van der Waals surface area contributed by atoms with Gasteiger partial charge in [0.1, 0.15) is 18.1 Å². The van der Waals surface area contributed by atoms with E-state index in [2.05, 4.69) is 0 Å². The highest BCUT2D eigenvalue weighted by Gasteiger charge is 2.44. The van der Waals surface area contributed by atoms with Crippen LogP contribution in [0.5, 0.6) is 11.5 Å². The number of carbonyl (C=O) groups excluding carboxylic acids is 2. The highest BCUT2D eigenvalue weighted by molar-refractivity contribution is 5.98. The Morgan fingerprint density at radius 3 is 2.50 bits per heavy atom. The second-order valence-electron chi connectivity index (χ2n) is 12.2. The number of nitrogens with two attached hydrogens (primary N) is 2. The quantitative estimate of drug-likeness (QED) is 0.273. The number of nitrogens with zero attached hydrogens (tertiary/aromatic N) is 3. The summed E-state index contributed by atoms with van der Waals surface area (Å²) >= 11 is 0. The molecular weight excluding hydrogens is 562 g/mol. The Kier molecular flexibility index (Phi) is 9.33. The third-order valence-corrected chi connectivity index (χ3v) is 9.08. The van der Waals surface area contributed by atoms with E-state index in [1.54, 1.807) is 29.2 Å². The zero-order valence-electron chi connectivity index (χ0n) is 25.7. The molecule has 0 bridgehead atoms. The van der Waals surface area contributed by atoms with Crippen molar-refractivity contribution in [2.45, 2.75) is 64.6 Å². The van der Waals surface area contributed by atoms with Crippen molar-refractivity contribution < 1.29 is 29.0 Å². The molecule has 236 valence electrons. The Balaban J connectivity index is 1.54. The number of carboxylic acids is 1. The Morgan fingerprint density at radius 1 is 1.11 bits per heavy atom. The van der Waals surface area contributed by atoms with Crippen LogP contribution in [0.1, 0.15) is 72.6 Å². The molecule has 0 radical (unpaired) electrons. The van der Waals surface area contributed by atoms with E-state index in [4.69, 9.17) is 21.1 Å². The minimum Gasteiger partial charge on any atom is -0.496 e. The lowest BCUT2D eigenvalue weighted by Gasteiger charge is -2.43. The van der Waals surface area contributed by atoms with Crippen LogP contribution in [0.25, 0.3) is 0 Å². The number of carbonyl (C=O) groups is 3. The van der Waals surface area contributed by atoms with E-state index in [9.17, 15) is 19.5 Å². The summed E-state index contributed by atoms with van der Waals surface area (Å²) in [7, 11) is 1.60. The van der Waals surface area contributed by atoms with Crippen LogP contribution in [-0.4, -0.2) is 70.5 Å². The number of fused-ring (bicyclic) bond motifs is 2. The van der Waals surface area contributed by atoms with Gasteiger partial charge < -0.3 is 35.1 Å². The van der Waals surface area contributed by atoms with E-state index < -0.39 is 23.8 Å². The van der Waals surface area contributed by atoms with Crippen LogP contribution in [0.2, 0.25) is 0 Å². The summed E-state index contributed by atoms with van der Waals surface area (Å²) in [4.78, 5) is 43.6. The summed E-state index contributed by atoms with van der Waals surface area (Å²) in [5.74, 6) is 4.63. The third-order valence-electron chi connectivity index (χ3n) is 9.08. The van der Waals surface area contributed by atoms with Crippen molar-refractivity contribution in [1.29, 1.82) is 0 Å². The average molecular weight is 606 g/mol. The van der Waals surface area contributed by atoms with Gasteiger partial charge in [-0.05, 0) is 56.9 Å². The third kappa shape index (κ3) is 6.19. The van der Waals surface area contributed by atoms with Gasteiger partial charge in [0.15, 0.2) is 0 Å². The molecule has 2 aliphatic heterocycles. The van der Waals surface area contributed by atoms with Gasteiger partial charge in [-0.1, -0.05) is 31.0 Å². The van der Waals surface area contributed by atoms with Crippen molar-refractivity contribution in [3.8, 4) is 11.5 Å². The largest absolute Gasteiger partial charge is 0.496 e. The lowest BCUT2D eigenvalue weighted by atomic mass is 9.77. The van der Waals surface area contributed by atoms with Crippen LogP contribution in [0.3, 0.4) is 0 Å². The Bertz CT molecular complexity index is 1440. The average Bonchev–Trinajstić information content (AvgIpc) is 3.34. The fraction of sp³-hybridized carbons (Fsp3) is 0.485. The van der Waals surface area contributed by atoms with Crippen LogP contribution in [0.15, 0.2) is 48.3 Å². The monoisotopic (exact) mass is 605 g/mol. The number of hydrazine groups is 1. The van der Waals surface area contributed by atoms with Gasteiger partial charge in [-0.2, -0.15) is 0 Å². The molecule has 11 heteroatoms. The molecule has 1 fully saturated rings. The Morgan fingerprint density at radius 2 is 1.82 bits per heavy atom. The molecule has 3 atom stereocenters. The van der Waals surface area contributed by atoms with Gasteiger partial charge in [0.25, 0.3) is 5.91 Å². The summed E-state index contributed by atoms with van der Waals surface area (Å²) < 4.78 is 12.0. The minimum absolute atomic E-state index is 0.0442. The van der Waals surface area contributed by atoms with E-state index in [1.165, 1.54) is 5.01 Å². The van der Waals surface area contributed by atoms with Gasteiger partial charge in [-0.25, -0.2) is 5.84 Å². The van der Waals surface area contributed by atoms with Crippen LogP contribution in [0.4, 0.5) is 0 Å². The predicted molar refractivity (Wildman–Crippen MR) is 164 cm³/mol. The number of ether oxygens (including phenoxy) is 2. The number of amides is 2. The molecule has 1 aliphatic carbocycles. The molecule has 11 nitrogen and oxygen atoms in total. The minimum atomic E-state index is -0.939. The SMILES string of the molecule is COc1ccc(OC/C(N)=C/N(N)C(C)C)c2c1CCN(C(=O)[C@@H]1CCCC[C@@H]1C(=O)O)C2CN1Cc2ccccc2C1=O. The van der Waals surface area contributed by atoms with Gasteiger partial charge in [0, 0.05) is 48.6 Å². The van der Waals surface area contributed by atoms with E-state index in [1.807, 2.05) is 44.2 Å². The molecule has 2 aromatic carbocycles. The van der Waals surface area contributed by atoms with Crippen molar-refractivity contribution in [2.24, 2.45) is 23.4 Å². The number of rotatable bonds is 10. The zero-order valence-corrected chi connectivity index (χ0v) is 25.7. The Hall–Kier alpha value is -4.25. The fourth-order valence-electron chi connectivity index (χ4n) is 6.71. The molecule has 2 aromatic rings. The van der Waals surface area contributed by atoms with Crippen LogP contribution >= 0.6 is 0 Å². The molecule has 0 saturated heterocycles. The van der Waals surface area contributed by atoms with Gasteiger partial charge in [0.2, 0.25) is 5.91 Å². The number of aliphatic carboxylic acids is 1. The lowest BCUT2D eigenvalue weighted by molar-refractivity contribution is -0.153. The molecule has 3 aliphatic rings. The van der Waals surface area contributed by atoms with Gasteiger partial charge in [-0.15, -0.1) is 0 Å². The molecular formula is C33H43N5O6. The number of methoxy groups -OCH3 is 1. The van der Waals surface area contributed by atoms with Crippen molar-refractivity contribution in [1.82, 2.24) is 14.8 Å². The first-order valence-electron chi connectivity index (χ1n) is 15.3.